The van der Waals surface area contributed by atoms with E-state index in [1.807, 2.05) is 18.2 Å². The fourth-order valence-electron chi connectivity index (χ4n) is 6.25. The third kappa shape index (κ3) is 4.66. The number of methoxy groups -OCH3 is 1. The normalized spacial score (nSPS) is 31.4. The first-order valence-corrected chi connectivity index (χ1v) is 12.0. The number of hydrogen-bond acceptors (Lipinski definition) is 7. The van der Waals surface area contributed by atoms with Crippen molar-refractivity contribution in [2.24, 2.45) is 22.8 Å². The molecule has 5 atom stereocenters. The molecule has 1 aromatic carbocycles. The van der Waals surface area contributed by atoms with Crippen LogP contribution < -0.4 is 11.5 Å². The number of ether oxygens (including phenoxy) is 3. The Morgan fingerprint density at radius 2 is 2.21 bits per heavy atom. The second kappa shape index (κ2) is 10.1. The minimum absolute atomic E-state index is 0.0845. The van der Waals surface area contributed by atoms with Gasteiger partial charge in [0.25, 0.3) is 0 Å². The predicted molar refractivity (Wildman–Crippen MR) is 123 cm³/mol. The SMILES string of the molecule is CC[C@@H]1C[C@]2(CC[C@H]1OC)Cc1ccc(C#N)cc1[C@H]2C(=O)N(C[C@H]1COCCO1)C(N)N. The topological polar surface area (TPSA) is 124 Å². The number of amides is 1. The molecule has 1 amide bonds. The first kappa shape index (κ1) is 24.1. The van der Waals surface area contributed by atoms with Gasteiger partial charge in [-0.3, -0.25) is 16.3 Å². The molecule has 33 heavy (non-hydrogen) atoms. The molecule has 2 aliphatic carbocycles. The Kier molecular flexibility index (Phi) is 7.37. The van der Waals surface area contributed by atoms with Gasteiger partial charge >= 0.3 is 0 Å². The number of carbonyl (C=O) groups is 1. The van der Waals surface area contributed by atoms with Crippen molar-refractivity contribution in [2.45, 2.75) is 63.4 Å². The molecular weight excluding hydrogens is 420 g/mol. The fourth-order valence-corrected chi connectivity index (χ4v) is 6.25. The number of nitrogens with zero attached hydrogens (tertiary/aromatic N) is 2. The Morgan fingerprint density at radius 1 is 1.39 bits per heavy atom. The van der Waals surface area contributed by atoms with Gasteiger partial charge in [0.2, 0.25) is 5.91 Å². The highest BCUT2D eigenvalue weighted by molar-refractivity contribution is 5.87. The molecule has 1 saturated heterocycles. The van der Waals surface area contributed by atoms with Crippen LogP contribution in [0.2, 0.25) is 0 Å². The molecule has 2 fully saturated rings. The monoisotopic (exact) mass is 456 g/mol. The summed E-state index contributed by atoms with van der Waals surface area (Å²) in [5.41, 5.74) is 14.7. The second-order valence-corrected chi connectivity index (χ2v) is 9.73. The highest BCUT2D eigenvalue weighted by Crippen LogP contribution is 2.58. The van der Waals surface area contributed by atoms with Gasteiger partial charge in [-0.2, -0.15) is 5.26 Å². The van der Waals surface area contributed by atoms with E-state index in [1.54, 1.807) is 12.0 Å². The molecule has 1 aliphatic heterocycles. The van der Waals surface area contributed by atoms with E-state index >= 15 is 0 Å². The summed E-state index contributed by atoms with van der Waals surface area (Å²) in [6, 6.07) is 7.97. The van der Waals surface area contributed by atoms with Crippen molar-refractivity contribution in [1.29, 1.82) is 5.26 Å². The second-order valence-electron chi connectivity index (χ2n) is 9.73. The Hall–Kier alpha value is -2.02. The number of carbonyl (C=O) groups excluding carboxylic acids is 1. The van der Waals surface area contributed by atoms with E-state index in [-0.39, 0.29) is 30.1 Å². The van der Waals surface area contributed by atoms with Crippen molar-refractivity contribution < 1.29 is 19.0 Å². The van der Waals surface area contributed by atoms with E-state index in [9.17, 15) is 10.1 Å². The van der Waals surface area contributed by atoms with Crippen molar-refractivity contribution in [2.75, 3.05) is 33.5 Å². The molecule has 3 aliphatic rings. The van der Waals surface area contributed by atoms with Crippen LogP contribution in [0.1, 0.15) is 55.2 Å². The summed E-state index contributed by atoms with van der Waals surface area (Å²) >= 11 is 0. The summed E-state index contributed by atoms with van der Waals surface area (Å²) < 4.78 is 17.1. The van der Waals surface area contributed by atoms with Crippen LogP contribution in [-0.4, -0.2) is 62.8 Å². The fraction of sp³-hybridized carbons (Fsp3) is 0.680. The minimum Gasteiger partial charge on any atom is -0.381 e. The largest absolute Gasteiger partial charge is 0.381 e. The molecule has 0 aromatic heterocycles. The van der Waals surface area contributed by atoms with Crippen LogP contribution in [0.25, 0.3) is 0 Å². The van der Waals surface area contributed by atoms with Crippen LogP contribution in [0.4, 0.5) is 0 Å². The quantitative estimate of drug-likeness (QED) is 0.626. The van der Waals surface area contributed by atoms with Crippen molar-refractivity contribution in [3.63, 3.8) is 0 Å². The summed E-state index contributed by atoms with van der Waals surface area (Å²) in [5, 5.41) is 9.52. The Bertz CT molecular complexity index is 895. The molecule has 1 heterocycles. The van der Waals surface area contributed by atoms with Gasteiger partial charge in [-0.25, -0.2) is 0 Å². The smallest absolute Gasteiger partial charge is 0.233 e. The zero-order valence-corrected chi connectivity index (χ0v) is 19.7. The predicted octanol–water partition coefficient (Wildman–Crippen LogP) is 1.85. The summed E-state index contributed by atoms with van der Waals surface area (Å²) in [7, 11) is 1.78. The van der Waals surface area contributed by atoms with E-state index < -0.39 is 12.2 Å². The number of nitriles is 1. The maximum Gasteiger partial charge on any atom is 0.233 e. The number of hydrogen-bond donors (Lipinski definition) is 2. The number of fused-ring (bicyclic) bond motifs is 1. The molecule has 4 N–H and O–H groups in total. The molecule has 0 unspecified atom stereocenters. The average Bonchev–Trinajstić information content (AvgIpc) is 3.14. The number of benzene rings is 1. The van der Waals surface area contributed by atoms with E-state index in [1.165, 1.54) is 0 Å². The maximum atomic E-state index is 14.2. The average molecular weight is 457 g/mol. The number of rotatable bonds is 6. The van der Waals surface area contributed by atoms with Gasteiger partial charge < -0.3 is 19.1 Å². The highest BCUT2D eigenvalue weighted by atomic mass is 16.6. The van der Waals surface area contributed by atoms with Crippen LogP contribution in [0.3, 0.4) is 0 Å². The summed E-state index contributed by atoms with van der Waals surface area (Å²) in [5.74, 6) is -0.107. The highest BCUT2D eigenvalue weighted by Gasteiger charge is 2.54. The van der Waals surface area contributed by atoms with Crippen molar-refractivity contribution in [1.82, 2.24) is 4.90 Å². The molecule has 180 valence electrons. The Labute approximate surface area is 196 Å². The summed E-state index contributed by atoms with van der Waals surface area (Å²) in [6.45, 7) is 3.92. The Morgan fingerprint density at radius 3 is 2.85 bits per heavy atom. The zero-order valence-electron chi connectivity index (χ0n) is 19.7. The van der Waals surface area contributed by atoms with E-state index in [4.69, 9.17) is 25.7 Å². The van der Waals surface area contributed by atoms with Gasteiger partial charge in [0.05, 0.1) is 56.1 Å². The lowest BCUT2D eigenvalue weighted by molar-refractivity contribution is -0.147. The lowest BCUT2D eigenvalue weighted by Crippen LogP contribution is -2.58. The van der Waals surface area contributed by atoms with Gasteiger partial charge in [0, 0.05) is 7.11 Å². The van der Waals surface area contributed by atoms with Crippen LogP contribution in [0.5, 0.6) is 0 Å². The molecule has 0 radical (unpaired) electrons. The maximum absolute atomic E-state index is 14.2. The van der Waals surface area contributed by atoms with Gasteiger partial charge in [-0.1, -0.05) is 19.4 Å². The molecule has 8 heteroatoms. The molecule has 1 saturated carbocycles. The minimum atomic E-state index is -0.944. The van der Waals surface area contributed by atoms with Gasteiger partial charge in [0.1, 0.15) is 6.29 Å². The molecule has 1 aromatic rings. The third-order valence-electron chi connectivity index (χ3n) is 7.86. The summed E-state index contributed by atoms with van der Waals surface area (Å²) in [4.78, 5) is 15.7. The lowest BCUT2D eigenvalue weighted by atomic mass is 9.61. The van der Waals surface area contributed by atoms with E-state index in [0.29, 0.717) is 31.3 Å². The Balaban J connectivity index is 1.71. The molecular formula is C25H36N4O4. The molecule has 4 rings (SSSR count). The van der Waals surface area contributed by atoms with E-state index in [2.05, 4.69) is 13.0 Å². The van der Waals surface area contributed by atoms with Gasteiger partial charge in [-0.05, 0) is 60.3 Å². The third-order valence-corrected chi connectivity index (χ3v) is 7.86. The van der Waals surface area contributed by atoms with Crippen molar-refractivity contribution in [3.8, 4) is 6.07 Å². The standard InChI is InChI=1S/C25H36N4O4/c1-3-17-11-25(7-6-21(17)31-2)12-18-5-4-16(13-26)10-20(18)22(25)23(30)29(24(27)28)14-19-15-32-8-9-33-19/h4-5,10,17,19,21-22,24H,3,6-9,11-12,14-15,27-28H2,1-2H3/t17-,19+,21-,22+,25-/m1/s1. The van der Waals surface area contributed by atoms with Gasteiger partial charge in [0.15, 0.2) is 0 Å². The first-order chi connectivity index (χ1) is 15.9. The van der Waals surface area contributed by atoms with Crippen molar-refractivity contribution >= 4 is 5.91 Å². The van der Waals surface area contributed by atoms with Gasteiger partial charge in [-0.15, -0.1) is 0 Å². The molecule has 8 nitrogen and oxygen atoms in total. The molecule has 0 bridgehead atoms. The number of nitrogens with two attached hydrogens (primary N) is 2. The van der Waals surface area contributed by atoms with Crippen LogP contribution in [0, 0.1) is 22.7 Å². The van der Waals surface area contributed by atoms with Crippen molar-refractivity contribution in [3.05, 3.63) is 34.9 Å². The molecule has 1 spiro atoms. The summed E-state index contributed by atoms with van der Waals surface area (Å²) in [6.07, 6.45) is 3.49. The van der Waals surface area contributed by atoms with Crippen LogP contribution in [-0.2, 0) is 25.4 Å². The lowest BCUT2D eigenvalue weighted by Gasteiger charge is -2.46. The zero-order chi connectivity index (χ0) is 23.6. The first-order valence-electron chi connectivity index (χ1n) is 12.0. The van der Waals surface area contributed by atoms with Crippen LogP contribution >= 0.6 is 0 Å². The van der Waals surface area contributed by atoms with Crippen LogP contribution in [0.15, 0.2) is 18.2 Å². The van der Waals surface area contributed by atoms with E-state index in [0.717, 1.165) is 43.2 Å².